The topological polar surface area (TPSA) is 64.3 Å². The van der Waals surface area contributed by atoms with Crippen LogP contribution in [-0.4, -0.2) is 18.2 Å². The van der Waals surface area contributed by atoms with Crippen molar-refractivity contribution in [1.29, 1.82) is 0 Å². The first-order valence-electron chi connectivity index (χ1n) is 5.47. The van der Waals surface area contributed by atoms with Gasteiger partial charge in [0.1, 0.15) is 6.61 Å². The predicted octanol–water partition coefficient (Wildman–Crippen LogP) is 1.40. The minimum absolute atomic E-state index is 0.193. The number of hydrogen-bond acceptors (Lipinski definition) is 3. The van der Waals surface area contributed by atoms with Crippen LogP contribution >= 0.6 is 0 Å². The fourth-order valence-corrected chi connectivity index (χ4v) is 1.71. The first-order valence-corrected chi connectivity index (χ1v) is 5.47. The molecule has 0 atom stereocenters. The molecule has 16 heavy (non-hydrogen) atoms. The zero-order valence-corrected chi connectivity index (χ0v) is 9.06. The summed E-state index contributed by atoms with van der Waals surface area (Å²) < 4.78 is 5.08. The Morgan fingerprint density at radius 3 is 2.69 bits per heavy atom. The molecule has 1 aliphatic rings. The number of carbonyl (C=O) groups is 1. The quantitative estimate of drug-likeness (QED) is 0.809. The summed E-state index contributed by atoms with van der Waals surface area (Å²) in [6, 6.07) is 10.0. The van der Waals surface area contributed by atoms with Crippen LogP contribution in [0.2, 0.25) is 0 Å². The fourth-order valence-electron chi connectivity index (χ4n) is 1.71. The molecule has 1 aromatic carbocycles. The average molecular weight is 220 g/mol. The Balaban J connectivity index is 1.68. The van der Waals surface area contributed by atoms with E-state index >= 15 is 0 Å². The molecule has 0 saturated heterocycles. The van der Waals surface area contributed by atoms with Gasteiger partial charge in [0.2, 0.25) is 0 Å². The molecular formula is C12H16N2O2. The van der Waals surface area contributed by atoms with Gasteiger partial charge in [-0.1, -0.05) is 30.3 Å². The van der Waals surface area contributed by atoms with Gasteiger partial charge in [0.15, 0.2) is 0 Å². The van der Waals surface area contributed by atoms with E-state index in [2.05, 4.69) is 5.32 Å². The summed E-state index contributed by atoms with van der Waals surface area (Å²) in [5.74, 6) is 0. The molecule has 0 heterocycles. The highest BCUT2D eigenvalue weighted by molar-refractivity contribution is 5.67. The zero-order chi connectivity index (χ0) is 11.4. The lowest BCUT2D eigenvalue weighted by atomic mass is 9.88. The van der Waals surface area contributed by atoms with Gasteiger partial charge in [-0.05, 0) is 18.4 Å². The normalized spacial score (nSPS) is 23.3. The molecule has 0 aromatic heterocycles. The van der Waals surface area contributed by atoms with Gasteiger partial charge in [-0.2, -0.15) is 0 Å². The van der Waals surface area contributed by atoms with Crippen molar-refractivity contribution in [3.63, 3.8) is 0 Å². The Hall–Kier alpha value is -1.55. The number of alkyl carbamates (subject to hydrolysis) is 1. The number of benzene rings is 1. The van der Waals surface area contributed by atoms with Crippen molar-refractivity contribution in [2.24, 2.45) is 5.73 Å². The Morgan fingerprint density at radius 1 is 1.38 bits per heavy atom. The highest BCUT2D eigenvalue weighted by Crippen LogP contribution is 2.17. The molecule has 0 spiro atoms. The molecule has 1 fully saturated rings. The minimum atomic E-state index is -0.360. The average Bonchev–Trinajstić information content (AvgIpc) is 2.26. The van der Waals surface area contributed by atoms with Crippen molar-refractivity contribution < 1.29 is 9.53 Å². The van der Waals surface area contributed by atoms with Crippen LogP contribution in [0.1, 0.15) is 18.4 Å². The van der Waals surface area contributed by atoms with E-state index in [0.29, 0.717) is 6.61 Å². The third kappa shape index (κ3) is 2.97. The van der Waals surface area contributed by atoms with Crippen LogP contribution in [0.25, 0.3) is 0 Å². The number of rotatable bonds is 3. The molecule has 4 heteroatoms. The molecule has 1 aromatic rings. The Labute approximate surface area is 94.8 Å². The molecule has 4 nitrogen and oxygen atoms in total. The number of nitrogens with one attached hydrogen (secondary N) is 1. The molecule has 3 N–H and O–H groups in total. The van der Waals surface area contributed by atoms with Gasteiger partial charge >= 0.3 is 6.09 Å². The summed E-state index contributed by atoms with van der Waals surface area (Å²) in [4.78, 5) is 11.4. The largest absolute Gasteiger partial charge is 0.445 e. The van der Waals surface area contributed by atoms with Gasteiger partial charge in [-0.15, -0.1) is 0 Å². The molecule has 86 valence electrons. The van der Waals surface area contributed by atoms with Crippen LogP contribution in [0.5, 0.6) is 0 Å². The molecular weight excluding hydrogens is 204 g/mol. The van der Waals surface area contributed by atoms with Crippen LogP contribution in [-0.2, 0) is 11.3 Å². The third-order valence-electron chi connectivity index (χ3n) is 2.71. The van der Waals surface area contributed by atoms with Gasteiger partial charge in [0, 0.05) is 12.1 Å². The van der Waals surface area contributed by atoms with Gasteiger partial charge in [-0.25, -0.2) is 4.79 Å². The second-order valence-electron chi connectivity index (χ2n) is 4.13. The summed E-state index contributed by atoms with van der Waals surface area (Å²) in [6.07, 6.45) is 1.33. The molecule has 1 amide bonds. The summed E-state index contributed by atoms with van der Waals surface area (Å²) >= 11 is 0. The Morgan fingerprint density at radius 2 is 2.06 bits per heavy atom. The van der Waals surface area contributed by atoms with E-state index in [1.54, 1.807) is 0 Å². The van der Waals surface area contributed by atoms with Crippen molar-refractivity contribution in [1.82, 2.24) is 5.32 Å². The van der Waals surface area contributed by atoms with E-state index in [9.17, 15) is 4.79 Å². The monoisotopic (exact) mass is 220 g/mol. The second-order valence-corrected chi connectivity index (χ2v) is 4.13. The maximum atomic E-state index is 11.4. The molecule has 0 unspecified atom stereocenters. The molecule has 1 saturated carbocycles. The van der Waals surface area contributed by atoms with Crippen molar-refractivity contribution >= 4 is 6.09 Å². The molecule has 0 bridgehead atoms. The Kier molecular flexibility index (Phi) is 3.41. The van der Waals surface area contributed by atoms with Gasteiger partial charge < -0.3 is 15.8 Å². The van der Waals surface area contributed by atoms with E-state index in [-0.39, 0.29) is 18.2 Å². The lowest BCUT2D eigenvalue weighted by Gasteiger charge is -2.32. The van der Waals surface area contributed by atoms with E-state index < -0.39 is 0 Å². The van der Waals surface area contributed by atoms with Crippen LogP contribution < -0.4 is 11.1 Å². The van der Waals surface area contributed by atoms with Gasteiger partial charge in [0.05, 0.1) is 0 Å². The Bertz CT molecular complexity index is 347. The lowest BCUT2D eigenvalue weighted by molar-refractivity contribution is 0.128. The third-order valence-corrected chi connectivity index (χ3v) is 2.71. The summed E-state index contributed by atoms with van der Waals surface area (Å²) in [5, 5.41) is 2.78. The van der Waals surface area contributed by atoms with Crippen LogP contribution in [0, 0.1) is 0 Å². The molecule has 0 radical (unpaired) electrons. The number of ether oxygens (including phenoxy) is 1. The van der Waals surface area contributed by atoms with Gasteiger partial charge in [-0.3, -0.25) is 0 Å². The minimum Gasteiger partial charge on any atom is -0.445 e. The number of carbonyl (C=O) groups excluding carboxylic acids is 1. The van der Waals surface area contributed by atoms with Crippen molar-refractivity contribution in [3.05, 3.63) is 35.9 Å². The van der Waals surface area contributed by atoms with Crippen molar-refractivity contribution in [2.75, 3.05) is 0 Å². The SMILES string of the molecule is NC1CC(NC(=O)OCc2ccccc2)C1. The summed E-state index contributed by atoms with van der Waals surface area (Å²) in [6.45, 7) is 0.311. The van der Waals surface area contributed by atoms with Gasteiger partial charge in [0.25, 0.3) is 0 Å². The standard InChI is InChI=1S/C12H16N2O2/c13-10-6-11(7-10)14-12(15)16-8-9-4-2-1-3-5-9/h1-5,10-11H,6-8,13H2,(H,14,15). The first-order chi connectivity index (χ1) is 7.74. The van der Waals surface area contributed by atoms with Crippen LogP contribution in [0.4, 0.5) is 4.79 Å². The highest BCUT2D eigenvalue weighted by atomic mass is 16.5. The number of hydrogen-bond donors (Lipinski definition) is 2. The zero-order valence-electron chi connectivity index (χ0n) is 9.06. The molecule has 2 rings (SSSR count). The van der Waals surface area contributed by atoms with Crippen LogP contribution in [0.15, 0.2) is 30.3 Å². The maximum absolute atomic E-state index is 11.4. The first kappa shape index (κ1) is 11.0. The van der Waals surface area contributed by atoms with Crippen LogP contribution in [0.3, 0.4) is 0 Å². The fraction of sp³-hybridized carbons (Fsp3) is 0.417. The van der Waals surface area contributed by atoms with E-state index in [4.69, 9.17) is 10.5 Å². The number of amides is 1. The van der Waals surface area contributed by atoms with Crippen molar-refractivity contribution in [2.45, 2.75) is 31.5 Å². The van der Waals surface area contributed by atoms with E-state index in [1.165, 1.54) is 0 Å². The highest BCUT2D eigenvalue weighted by Gasteiger charge is 2.27. The summed E-state index contributed by atoms with van der Waals surface area (Å²) in [7, 11) is 0. The van der Waals surface area contributed by atoms with Crippen molar-refractivity contribution in [3.8, 4) is 0 Å². The smallest absolute Gasteiger partial charge is 0.407 e. The maximum Gasteiger partial charge on any atom is 0.407 e. The van der Waals surface area contributed by atoms with E-state index in [0.717, 1.165) is 18.4 Å². The molecule has 0 aliphatic heterocycles. The predicted molar refractivity (Wildman–Crippen MR) is 60.8 cm³/mol. The summed E-state index contributed by atoms with van der Waals surface area (Å²) in [5.41, 5.74) is 6.61. The number of nitrogens with two attached hydrogens (primary N) is 1. The van der Waals surface area contributed by atoms with E-state index in [1.807, 2.05) is 30.3 Å². The molecule has 1 aliphatic carbocycles. The lowest BCUT2D eigenvalue weighted by Crippen LogP contribution is -2.50. The second kappa shape index (κ2) is 4.99.